The number of rotatable bonds is 11. The molecule has 40 heavy (non-hydrogen) atoms. The monoisotopic (exact) mass is 569 g/mol. The molecule has 0 radical (unpaired) electrons. The Kier molecular flexibility index (Phi) is 8.93. The van der Waals surface area contributed by atoms with Crippen LogP contribution >= 0.6 is 0 Å². The molecule has 11 heteroatoms. The number of nitrogens with zero attached hydrogens (tertiary/aromatic N) is 2. The van der Waals surface area contributed by atoms with E-state index in [9.17, 15) is 22.4 Å². The molecule has 0 bridgehead atoms. The molecule has 1 heterocycles. The van der Waals surface area contributed by atoms with E-state index in [2.05, 4.69) is 5.32 Å². The van der Waals surface area contributed by atoms with Gasteiger partial charge in [-0.3, -0.25) is 13.9 Å². The fourth-order valence-corrected chi connectivity index (χ4v) is 5.22. The highest BCUT2D eigenvalue weighted by Gasteiger charge is 2.33. The molecule has 212 valence electrons. The summed E-state index contributed by atoms with van der Waals surface area (Å²) < 4.78 is 51.1. The van der Waals surface area contributed by atoms with Crippen LogP contribution in [0.2, 0.25) is 0 Å². The standard InChI is InChI=1S/C29H32FN3O6S/c1-20(2)31-29(35)25(15-21-7-5-4-6-8-21)32(17-22-9-11-23(30)12-10-22)28(34)18-33(40(3,36)37)24-13-14-26-27(16-24)39-19-38-26/h4-14,16,20,25H,15,17-19H2,1-3H3,(H,31,35)/t25-/m1/s1. The topological polar surface area (TPSA) is 105 Å². The number of carbonyl (C=O) groups is 2. The van der Waals surface area contributed by atoms with E-state index in [-0.39, 0.29) is 37.4 Å². The van der Waals surface area contributed by atoms with Crippen molar-refractivity contribution in [2.75, 3.05) is 23.9 Å². The van der Waals surface area contributed by atoms with Gasteiger partial charge in [-0.2, -0.15) is 0 Å². The fraction of sp³-hybridized carbons (Fsp3) is 0.310. The van der Waals surface area contributed by atoms with Gasteiger partial charge in [-0.15, -0.1) is 0 Å². The molecule has 1 atom stereocenters. The highest BCUT2D eigenvalue weighted by atomic mass is 32.2. The summed E-state index contributed by atoms with van der Waals surface area (Å²) >= 11 is 0. The first-order chi connectivity index (χ1) is 19.0. The van der Waals surface area contributed by atoms with E-state index >= 15 is 0 Å². The summed E-state index contributed by atoms with van der Waals surface area (Å²) in [6, 6.07) is 18.3. The number of carbonyl (C=O) groups excluding carboxylic acids is 2. The zero-order valence-corrected chi connectivity index (χ0v) is 23.4. The van der Waals surface area contributed by atoms with Crippen LogP contribution < -0.4 is 19.1 Å². The number of hydrogen-bond donors (Lipinski definition) is 1. The number of halogens is 1. The molecule has 2 amide bonds. The van der Waals surface area contributed by atoms with Gasteiger partial charge in [0.2, 0.25) is 28.6 Å². The maximum atomic E-state index is 14.0. The molecule has 0 saturated heterocycles. The lowest BCUT2D eigenvalue weighted by atomic mass is 10.0. The third-order valence-electron chi connectivity index (χ3n) is 6.29. The minimum atomic E-state index is -3.93. The molecule has 0 spiro atoms. The van der Waals surface area contributed by atoms with Gasteiger partial charge in [-0.05, 0) is 49.2 Å². The summed E-state index contributed by atoms with van der Waals surface area (Å²) in [6.07, 6.45) is 1.19. The van der Waals surface area contributed by atoms with Gasteiger partial charge < -0.3 is 19.7 Å². The van der Waals surface area contributed by atoms with E-state index in [0.29, 0.717) is 17.1 Å². The molecule has 0 fully saturated rings. The number of anilines is 1. The summed E-state index contributed by atoms with van der Waals surface area (Å²) in [7, 11) is -3.93. The zero-order chi connectivity index (χ0) is 28.9. The Labute approximate surface area is 233 Å². The number of fused-ring (bicyclic) bond motifs is 1. The lowest BCUT2D eigenvalue weighted by molar-refractivity contribution is -0.140. The third kappa shape index (κ3) is 7.29. The fourth-order valence-electron chi connectivity index (χ4n) is 4.38. The van der Waals surface area contributed by atoms with Crippen molar-refractivity contribution in [3.8, 4) is 11.5 Å². The molecule has 1 aliphatic rings. The van der Waals surface area contributed by atoms with Crippen molar-refractivity contribution in [1.82, 2.24) is 10.2 Å². The van der Waals surface area contributed by atoms with Crippen molar-refractivity contribution >= 4 is 27.5 Å². The largest absolute Gasteiger partial charge is 0.454 e. The number of nitrogens with one attached hydrogen (secondary N) is 1. The molecule has 1 N–H and O–H groups in total. The summed E-state index contributed by atoms with van der Waals surface area (Å²) in [5.74, 6) is -0.601. The number of hydrogen-bond acceptors (Lipinski definition) is 6. The Morgan fingerprint density at radius 1 is 0.950 bits per heavy atom. The van der Waals surface area contributed by atoms with Crippen LogP contribution in [-0.4, -0.2) is 56.8 Å². The van der Waals surface area contributed by atoms with Crippen LogP contribution in [0.4, 0.5) is 10.1 Å². The molecule has 9 nitrogen and oxygen atoms in total. The molecule has 3 aromatic carbocycles. The van der Waals surface area contributed by atoms with Crippen molar-refractivity contribution in [1.29, 1.82) is 0 Å². The van der Waals surface area contributed by atoms with Gasteiger partial charge in [0.25, 0.3) is 0 Å². The van der Waals surface area contributed by atoms with Gasteiger partial charge in [-0.1, -0.05) is 42.5 Å². The van der Waals surface area contributed by atoms with Crippen LogP contribution in [0.1, 0.15) is 25.0 Å². The van der Waals surface area contributed by atoms with Crippen LogP contribution in [0, 0.1) is 5.82 Å². The summed E-state index contributed by atoms with van der Waals surface area (Å²) in [5, 5.41) is 2.88. The van der Waals surface area contributed by atoms with Gasteiger partial charge in [0.1, 0.15) is 18.4 Å². The average Bonchev–Trinajstić information content (AvgIpc) is 3.38. The molecule has 4 rings (SSSR count). The molecular formula is C29H32FN3O6S. The van der Waals surface area contributed by atoms with Crippen molar-refractivity contribution in [3.63, 3.8) is 0 Å². The average molecular weight is 570 g/mol. The minimum absolute atomic E-state index is 0.00810. The Balaban J connectivity index is 1.72. The Morgan fingerprint density at radius 3 is 2.27 bits per heavy atom. The van der Waals surface area contributed by atoms with Gasteiger partial charge in [0.05, 0.1) is 11.9 Å². The molecule has 0 aliphatic carbocycles. The van der Waals surface area contributed by atoms with Crippen molar-refractivity contribution in [2.45, 2.75) is 38.9 Å². The summed E-state index contributed by atoms with van der Waals surface area (Å²) in [5.41, 5.74) is 1.62. The number of ether oxygens (including phenoxy) is 2. The second-order valence-corrected chi connectivity index (χ2v) is 11.7. The summed E-state index contributed by atoms with van der Waals surface area (Å²) in [4.78, 5) is 28.9. The first kappa shape index (κ1) is 28.9. The first-order valence-corrected chi connectivity index (χ1v) is 14.6. The van der Waals surface area contributed by atoms with Crippen LogP contribution in [0.25, 0.3) is 0 Å². The third-order valence-corrected chi connectivity index (χ3v) is 7.43. The quantitative estimate of drug-likeness (QED) is 0.379. The maximum Gasteiger partial charge on any atom is 0.244 e. The second-order valence-electron chi connectivity index (χ2n) is 9.82. The van der Waals surface area contributed by atoms with E-state index in [1.807, 2.05) is 44.2 Å². The van der Waals surface area contributed by atoms with Crippen LogP contribution in [0.15, 0.2) is 72.8 Å². The van der Waals surface area contributed by atoms with Gasteiger partial charge in [0, 0.05) is 25.1 Å². The highest BCUT2D eigenvalue weighted by Crippen LogP contribution is 2.36. The van der Waals surface area contributed by atoms with Gasteiger partial charge in [0.15, 0.2) is 11.5 Å². The predicted octanol–water partition coefficient (Wildman–Crippen LogP) is 3.49. The van der Waals surface area contributed by atoms with Crippen LogP contribution in [0.5, 0.6) is 11.5 Å². The molecule has 1 aliphatic heterocycles. The molecule has 3 aromatic rings. The number of amides is 2. The number of sulfonamides is 1. The van der Waals surface area contributed by atoms with Crippen molar-refractivity contribution in [2.24, 2.45) is 0 Å². The zero-order valence-electron chi connectivity index (χ0n) is 22.5. The van der Waals surface area contributed by atoms with Crippen LogP contribution in [-0.2, 0) is 32.6 Å². The summed E-state index contributed by atoms with van der Waals surface area (Å²) in [6.45, 7) is 3.03. The Morgan fingerprint density at radius 2 is 1.62 bits per heavy atom. The van der Waals surface area contributed by atoms with Gasteiger partial charge in [-0.25, -0.2) is 12.8 Å². The Hall–Kier alpha value is -4.12. The van der Waals surface area contributed by atoms with E-state index < -0.39 is 34.3 Å². The first-order valence-electron chi connectivity index (χ1n) is 12.8. The smallest absolute Gasteiger partial charge is 0.244 e. The molecule has 0 unspecified atom stereocenters. The van der Waals surface area contributed by atoms with E-state index in [4.69, 9.17) is 9.47 Å². The maximum absolute atomic E-state index is 14.0. The minimum Gasteiger partial charge on any atom is -0.454 e. The Bertz CT molecular complexity index is 1450. The van der Waals surface area contributed by atoms with Crippen LogP contribution in [0.3, 0.4) is 0 Å². The predicted molar refractivity (Wildman–Crippen MR) is 149 cm³/mol. The molecular weight excluding hydrogens is 537 g/mol. The van der Waals surface area contributed by atoms with Crippen molar-refractivity contribution in [3.05, 3.63) is 89.7 Å². The SMILES string of the molecule is CC(C)NC(=O)[C@@H](Cc1ccccc1)N(Cc1ccc(F)cc1)C(=O)CN(c1ccc2c(c1)OCO2)S(C)(=O)=O. The molecule has 0 aromatic heterocycles. The second kappa shape index (κ2) is 12.4. The lowest BCUT2D eigenvalue weighted by Gasteiger charge is -2.34. The molecule has 0 saturated carbocycles. The lowest BCUT2D eigenvalue weighted by Crippen LogP contribution is -2.54. The van der Waals surface area contributed by atoms with E-state index in [1.165, 1.54) is 41.3 Å². The highest BCUT2D eigenvalue weighted by molar-refractivity contribution is 7.92. The van der Waals surface area contributed by atoms with Gasteiger partial charge >= 0.3 is 0 Å². The van der Waals surface area contributed by atoms with E-state index in [0.717, 1.165) is 16.1 Å². The van der Waals surface area contributed by atoms with E-state index in [1.54, 1.807) is 6.07 Å². The normalized spacial score (nSPS) is 13.1. The number of benzene rings is 3. The van der Waals surface area contributed by atoms with Crippen molar-refractivity contribution < 1.29 is 31.9 Å².